The minimum absolute atomic E-state index is 0.0620. The van der Waals surface area contributed by atoms with E-state index in [1.54, 1.807) is 24.3 Å². The second kappa shape index (κ2) is 6.87. The third-order valence-corrected chi connectivity index (χ3v) is 3.51. The van der Waals surface area contributed by atoms with Crippen LogP contribution in [0.5, 0.6) is 5.75 Å². The van der Waals surface area contributed by atoms with E-state index >= 15 is 0 Å². The quantitative estimate of drug-likeness (QED) is 0.756. The van der Waals surface area contributed by atoms with Crippen LogP contribution in [0.15, 0.2) is 54.7 Å². The number of hydrogen-bond acceptors (Lipinski definition) is 4. The Labute approximate surface area is 146 Å². The van der Waals surface area contributed by atoms with Gasteiger partial charge in [-0.2, -0.15) is 13.2 Å². The summed E-state index contributed by atoms with van der Waals surface area (Å²) in [4.78, 5) is 11.5. The highest BCUT2D eigenvalue weighted by Gasteiger charge is 2.30. The molecule has 0 aliphatic rings. The number of carbonyl (C=O) groups is 1. The Morgan fingerprint density at radius 2 is 1.92 bits per heavy atom. The number of halogens is 3. The second-order valence-corrected chi connectivity index (χ2v) is 5.35. The molecule has 26 heavy (non-hydrogen) atoms. The molecular formula is C17H13F3N4O2. The standard InChI is InChI=1S/C17H13F3N4O2/c18-17(19,20)11-4-3-5-13(8-11)26-10-12-9-24(23-22-12)15-7-2-1-6-14(15)16(21)25/h1-9H,10H2,(H2,21,25). The molecule has 6 nitrogen and oxygen atoms in total. The van der Waals surface area contributed by atoms with Gasteiger partial charge in [0.05, 0.1) is 23.0 Å². The Balaban J connectivity index is 1.75. The average molecular weight is 362 g/mol. The third-order valence-electron chi connectivity index (χ3n) is 3.51. The van der Waals surface area contributed by atoms with Crippen LogP contribution in [-0.2, 0) is 12.8 Å². The van der Waals surface area contributed by atoms with E-state index in [9.17, 15) is 18.0 Å². The summed E-state index contributed by atoms with van der Waals surface area (Å²) in [7, 11) is 0. The molecule has 3 rings (SSSR count). The van der Waals surface area contributed by atoms with Gasteiger partial charge < -0.3 is 10.5 Å². The molecule has 0 saturated heterocycles. The molecule has 0 spiro atoms. The Hall–Kier alpha value is -3.36. The van der Waals surface area contributed by atoms with Gasteiger partial charge in [0.25, 0.3) is 5.91 Å². The molecule has 3 aromatic rings. The third kappa shape index (κ3) is 3.82. The highest BCUT2D eigenvalue weighted by molar-refractivity contribution is 5.96. The summed E-state index contributed by atoms with van der Waals surface area (Å²) in [6.45, 7) is -0.0833. The van der Waals surface area contributed by atoms with Gasteiger partial charge in [-0.3, -0.25) is 4.79 Å². The number of primary amides is 1. The molecule has 1 amide bonds. The number of ether oxygens (including phenoxy) is 1. The van der Waals surface area contributed by atoms with E-state index in [2.05, 4.69) is 10.3 Å². The zero-order valence-corrected chi connectivity index (χ0v) is 13.3. The highest BCUT2D eigenvalue weighted by atomic mass is 19.4. The average Bonchev–Trinajstić information content (AvgIpc) is 3.08. The highest BCUT2D eigenvalue weighted by Crippen LogP contribution is 2.31. The number of alkyl halides is 3. The lowest BCUT2D eigenvalue weighted by molar-refractivity contribution is -0.137. The smallest absolute Gasteiger partial charge is 0.416 e. The van der Waals surface area contributed by atoms with E-state index in [4.69, 9.17) is 10.5 Å². The van der Waals surface area contributed by atoms with Crippen molar-refractivity contribution in [3.8, 4) is 11.4 Å². The largest absolute Gasteiger partial charge is 0.487 e. The predicted molar refractivity (Wildman–Crippen MR) is 85.7 cm³/mol. The normalized spacial score (nSPS) is 11.3. The molecule has 9 heteroatoms. The molecule has 0 aliphatic heterocycles. The number of rotatable bonds is 5. The number of carbonyl (C=O) groups excluding carboxylic acids is 1. The molecule has 1 heterocycles. The Morgan fingerprint density at radius 1 is 1.15 bits per heavy atom. The van der Waals surface area contributed by atoms with Crippen LogP contribution in [0.4, 0.5) is 13.2 Å². The van der Waals surface area contributed by atoms with Gasteiger partial charge in [-0.15, -0.1) is 5.10 Å². The van der Waals surface area contributed by atoms with Gasteiger partial charge in [0, 0.05) is 0 Å². The molecule has 0 saturated carbocycles. The number of aromatic nitrogens is 3. The van der Waals surface area contributed by atoms with Gasteiger partial charge in [-0.05, 0) is 30.3 Å². The van der Waals surface area contributed by atoms with Crippen molar-refractivity contribution in [1.82, 2.24) is 15.0 Å². The summed E-state index contributed by atoms with van der Waals surface area (Å²) in [6.07, 6.45) is -2.93. The topological polar surface area (TPSA) is 83.0 Å². The lowest BCUT2D eigenvalue weighted by Crippen LogP contribution is -2.14. The van der Waals surface area contributed by atoms with Gasteiger partial charge in [0.1, 0.15) is 18.1 Å². The first-order valence-corrected chi connectivity index (χ1v) is 7.45. The van der Waals surface area contributed by atoms with Crippen molar-refractivity contribution >= 4 is 5.91 Å². The van der Waals surface area contributed by atoms with Crippen LogP contribution in [0.2, 0.25) is 0 Å². The predicted octanol–water partition coefficient (Wildman–Crippen LogP) is 2.96. The van der Waals surface area contributed by atoms with E-state index < -0.39 is 17.6 Å². The minimum Gasteiger partial charge on any atom is -0.487 e. The fourth-order valence-corrected chi connectivity index (χ4v) is 2.28. The first kappa shape index (κ1) is 17.5. The Morgan fingerprint density at radius 3 is 2.65 bits per heavy atom. The van der Waals surface area contributed by atoms with Crippen molar-refractivity contribution < 1.29 is 22.7 Å². The number of hydrogen-bond donors (Lipinski definition) is 1. The van der Waals surface area contributed by atoms with Crippen LogP contribution in [0.3, 0.4) is 0 Å². The number of nitrogens with zero attached hydrogens (tertiary/aromatic N) is 3. The summed E-state index contributed by atoms with van der Waals surface area (Å²) >= 11 is 0. The van der Waals surface area contributed by atoms with Gasteiger partial charge in [0.2, 0.25) is 0 Å². The van der Waals surface area contributed by atoms with Crippen LogP contribution < -0.4 is 10.5 Å². The molecule has 0 unspecified atom stereocenters. The van der Waals surface area contributed by atoms with E-state index in [1.165, 1.54) is 23.0 Å². The van der Waals surface area contributed by atoms with E-state index in [0.717, 1.165) is 12.1 Å². The molecule has 2 N–H and O–H groups in total. The summed E-state index contributed by atoms with van der Waals surface area (Å²) in [5.74, 6) is -0.551. The lowest BCUT2D eigenvalue weighted by atomic mass is 10.1. The van der Waals surface area contributed by atoms with E-state index in [0.29, 0.717) is 11.4 Å². The molecule has 0 radical (unpaired) electrons. The maximum absolute atomic E-state index is 12.7. The number of nitrogens with two attached hydrogens (primary N) is 1. The van der Waals surface area contributed by atoms with Crippen molar-refractivity contribution in [1.29, 1.82) is 0 Å². The SMILES string of the molecule is NC(=O)c1ccccc1-n1cc(COc2cccc(C(F)(F)F)c2)nn1. The summed E-state index contributed by atoms with van der Waals surface area (Å²) < 4.78 is 44.8. The second-order valence-electron chi connectivity index (χ2n) is 5.35. The van der Waals surface area contributed by atoms with Crippen molar-refractivity contribution in [3.05, 3.63) is 71.5 Å². The van der Waals surface area contributed by atoms with Gasteiger partial charge in [-0.1, -0.05) is 23.4 Å². The maximum atomic E-state index is 12.7. The summed E-state index contributed by atoms with van der Waals surface area (Å²) in [6, 6.07) is 11.1. The van der Waals surface area contributed by atoms with Crippen LogP contribution >= 0.6 is 0 Å². The lowest BCUT2D eigenvalue weighted by Gasteiger charge is -2.09. The summed E-state index contributed by atoms with van der Waals surface area (Å²) in [5, 5.41) is 7.79. The zero-order valence-electron chi connectivity index (χ0n) is 13.3. The van der Waals surface area contributed by atoms with Crippen LogP contribution in [-0.4, -0.2) is 20.9 Å². The van der Waals surface area contributed by atoms with Crippen molar-refractivity contribution in [2.75, 3.05) is 0 Å². The molecule has 134 valence electrons. The van der Waals surface area contributed by atoms with Crippen LogP contribution in [0.25, 0.3) is 5.69 Å². The van der Waals surface area contributed by atoms with E-state index in [-0.39, 0.29) is 17.9 Å². The molecule has 0 aliphatic carbocycles. The number of para-hydroxylation sites is 1. The van der Waals surface area contributed by atoms with Gasteiger partial charge >= 0.3 is 6.18 Å². The minimum atomic E-state index is -4.44. The van der Waals surface area contributed by atoms with E-state index in [1.807, 2.05) is 0 Å². The van der Waals surface area contributed by atoms with Crippen LogP contribution in [0.1, 0.15) is 21.6 Å². The van der Waals surface area contributed by atoms with Crippen molar-refractivity contribution in [2.45, 2.75) is 12.8 Å². The molecule has 1 aromatic heterocycles. The van der Waals surface area contributed by atoms with Gasteiger partial charge in [0.15, 0.2) is 0 Å². The van der Waals surface area contributed by atoms with Gasteiger partial charge in [-0.25, -0.2) is 4.68 Å². The monoisotopic (exact) mass is 362 g/mol. The van der Waals surface area contributed by atoms with Crippen LogP contribution in [0, 0.1) is 0 Å². The van der Waals surface area contributed by atoms with Crippen molar-refractivity contribution in [3.63, 3.8) is 0 Å². The maximum Gasteiger partial charge on any atom is 0.416 e. The molecule has 0 atom stereocenters. The number of benzene rings is 2. The summed E-state index contributed by atoms with van der Waals surface area (Å²) in [5.41, 5.74) is 5.61. The Kier molecular flexibility index (Phi) is 4.61. The molecule has 0 bridgehead atoms. The number of amides is 1. The zero-order chi connectivity index (χ0) is 18.7. The fourth-order valence-electron chi connectivity index (χ4n) is 2.28. The molecule has 2 aromatic carbocycles. The first-order valence-electron chi connectivity index (χ1n) is 7.45. The van der Waals surface area contributed by atoms with Crippen molar-refractivity contribution in [2.24, 2.45) is 5.73 Å². The first-order chi connectivity index (χ1) is 12.3. The Bertz CT molecular complexity index is 938. The molecular weight excluding hydrogens is 349 g/mol. The molecule has 0 fully saturated rings. The fraction of sp³-hybridized carbons (Fsp3) is 0.118.